The van der Waals surface area contributed by atoms with E-state index < -0.39 is 18.4 Å². The van der Waals surface area contributed by atoms with E-state index in [2.05, 4.69) is 10.6 Å². The van der Waals surface area contributed by atoms with Crippen molar-refractivity contribution in [2.24, 2.45) is 0 Å². The van der Waals surface area contributed by atoms with E-state index in [1.807, 2.05) is 0 Å². The number of para-hydroxylation sites is 1. The first kappa shape index (κ1) is 19.0. The fourth-order valence-electron chi connectivity index (χ4n) is 2.35. The second-order valence-electron chi connectivity index (χ2n) is 5.61. The number of carbonyl (C=O) groups excluding carboxylic acids is 2. The maximum atomic E-state index is 12.4. The third kappa shape index (κ3) is 4.83. The van der Waals surface area contributed by atoms with Gasteiger partial charge in [0.1, 0.15) is 12.3 Å². The van der Waals surface area contributed by atoms with Crippen LogP contribution in [0.5, 0.6) is 5.75 Å². The fourth-order valence-corrected chi connectivity index (χ4v) is 2.35. The number of carboxylic acids is 1. The van der Waals surface area contributed by atoms with Crippen LogP contribution in [0.1, 0.15) is 28.8 Å². The van der Waals surface area contributed by atoms with Crippen LogP contribution >= 0.6 is 0 Å². The van der Waals surface area contributed by atoms with E-state index in [0.717, 1.165) is 0 Å². The number of benzene rings is 2. The molecule has 0 saturated carbocycles. The molecule has 0 heterocycles. The molecule has 0 bridgehead atoms. The van der Waals surface area contributed by atoms with Gasteiger partial charge >= 0.3 is 5.97 Å². The Kier molecular flexibility index (Phi) is 6.32. The average Bonchev–Trinajstić information content (AvgIpc) is 2.65. The zero-order valence-corrected chi connectivity index (χ0v) is 14.5. The van der Waals surface area contributed by atoms with Gasteiger partial charge in [0.25, 0.3) is 5.91 Å². The fraction of sp³-hybridized carbons (Fsp3) is 0.211. The van der Waals surface area contributed by atoms with E-state index in [1.165, 1.54) is 7.11 Å². The lowest BCUT2D eigenvalue weighted by Gasteiger charge is -2.13. The van der Waals surface area contributed by atoms with Gasteiger partial charge in [0, 0.05) is 5.69 Å². The minimum Gasteiger partial charge on any atom is -0.496 e. The lowest BCUT2D eigenvalue weighted by molar-refractivity contribution is -0.138. The zero-order chi connectivity index (χ0) is 19.1. The first-order valence-electron chi connectivity index (χ1n) is 7.96. The number of hydrogen-bond acceptors (Lipinski definition) is 4. The van der Waals surface area contributed by atoms with E-state index in [1.54, 1.807) is 55.5 Å². The van der Waals surface area contributed by atoms with Gasteiger partial charge in [-0.2, -0.15) is 0 Å². The number of aliphatic carboxylic acids is 1. The van der Waals surface area contributed by atoms with Crippen LogP contribution in [-0.2, 0) is 9.59 Å². The van der Waals surface area contributed by atoms with Crippen molar-refractivity contribution in [3.05, 3.63) is 59.7 Å². The first-order chi connectivity index (χ1) is 12.4. The van der Waals surface area contributed by atoms with Crippen LogP contribution in [0.3, 0.4) is 0 Å². The maximum absolute atomic E-state index is 12.4. The molecular formula is C19H20N2O5. The second kappa shape index (κ2) is 8.66. The van der Waals surface area contributed by atoms with Gasteiger partial charge in [0.2, 0.25) is 5.91 Å². The van der Waals surface area contributed by atoms with Crippen LogP contribution in [0.25, 0.3) is 0 Å². The highest BCUT2D eigenvalue weighted by molar-refractivity contribution is 6.06. The van der Waals surface area contributed by atoms with E-state index in [0.29, 0.717) is 22.6 Å². The molecular weight excluding hydrogens is 336 g/mol. The Morgan fingerprint density at radius 2 is 1.73 bits per heavy atom. The standard InChI is InChI=1S/C19H20N2O5/c1-12(18(24)20-11-17(22)23)13-7-9-14(10-8-13)21-19(25)15-5-3-4-6-16(15)26-2/h3-10,12H,11H2,1-2H3,(H,20,24)(H,21,25)(H,22,23). The van der Waals surface area contributed by atoms with Gasteiger partial charge in [-0.1, -0.05) is 24.3 Å². The summed E-state index contributed by atoms with van der Waals surface area (Å²) in [6.07, 6.45) is 0. The highest BCUT2D eigenvalue weighted by Crippen LogP contribution is 2.21. The summed E-state index contributed by atoms with van der Waals surface area (Å²) in [5, 5.41) is 13.7. The summed E-state index contributed by atoms with van der Waals surface area (Å²) in [5.41, 5.74) is 1.70. The van der Waals surface area contributed by atoms with Crippen LogP contribution in [0.2, 0.25) is 0 Å². The molecule has 2 amide bonds. The van der Waals surface area contributed by atoms with Crippen LogP contribution in [0, 0.1) is 0 Å². The number of carboxylic acid groups (broad SMARTS) is 1. The molecule has 2 aromatic carbocycles. The minimum absolute atomic E-state index is 0.303. The van der Waals surface area contributed by atoms with Gasteiger partial charge < -0.3 is 20.5 Å². The molecule has 0 saturated heterocycles. The van der Waals surface area contributed by atoms with Gasteiger partial charge in [-0.25, -0.2) is 0 Å². The summed E-state index contributed by atoms with van der Waals surface area (Å²) in [7, 11) is 1.50. The Bertz CT molecular complexity index is 802. The number of amides is 2. The second-order valence-corrected chi connectivity index (χ2v) is 5.61. The van der Waals surface area contributed by atoms with Gasteiger partial charge in [0.05, 0.1) is 18.6 Å². The molecule has 0 aliphatic heterocycles. The van der Waals surface area contributed by atoms with Crippen LogP contribution in [0.4, 0.5) is 5.69 Å². The Morgan fingerprint density at radius 1 is 1.08 bits per heavy atom. The highest BCUT2D eigenvalue weighted by Gasteiger charge is 2.16. The number of methoxy groups -OCH3 is 1. The molecule has 0 fully saturated rings. The number of hydrogen-bond donors (Lipinski definition) is 3. The number of ether oxygens (including phenoxy) is 1. The molecule has 7 heteroatoms. The topological polar surface area (TPSA) is 105 Å². The summed E-state index contributed by atoms with van der Waals surface area (Å²) >= 11 is 0. The van der Waals surface area contributed by atoms with E-state index in [9.17, 15) is 14.4 Å². The van der Waals surface area contributed by atoms with E-state index in [4.69, 9.17) is 9.84 Å². The first-order valence-corrected chi connectivity index (χ1v) is 7.96. The smallest absolute Gasteiger partial charge is 0.322 e. The normalized spacial score (nSPS) is 11.3. The van der Waals surface area contributed by atoms with Gasteiger partial charge in [-0.05, 0) is 36.8 Å². The SMILES string of the molecule is COc1ccccc1C(=O)Nc1ccc(C(C)C(=O)NCC(=O)O)cc1. The molecule has 2 rings (SSSR count). The molecule has 0 spiro atoms. The molecule has 7 nitrogen and oxygen atoms in total. The number of carbonyl (C=O) groups is 3. The van der Waals surface area contributed by atoms with Crippen molar-refractivity contribution < 1.29 is 24.2 Å². The molecule has 0 radical (unpaired) electrons. The molecule has 0 aliphatic carbocycles. The van der Waals surface area contributed by atoms with E-state index in [-0.39, 0.29) is 11.8 Å². The predicted molar refractivity (Wildman–Crippen MR) is 96.4 cm³/mol. The largest absolute Gasteiger partial charge is 0.496 e. The van der Waals surface area contributed by atoms with Crippen molar-refractivity contribution in [3.63, 3.8) is 0 Å². The molecule has 0 aromatic heterocycles. The Labute approximate surface area is 151 Å². The lowest BCUT2D eigenvalue weighted by atomic mass is 10.00. The average molecular weight is 356 g/mol. The third-order valence-corrected chi connectivity index (χ3v) is 3.83. The predicted octanol–water partition coefficient (Wildman–Crippen LogP) is 2.25. The Balaban J connectivity index is 2.04. The lowest BCUT2D eigenvalue weighted by Crippen LogP contribution is -2.32. The quantitative estimate of drug-likeness (QED) is 0.706. The maximum Gasteiger partial charge on any atom is 0.322 e. The van der Waals surface area contributed by atoms with Gasteiger partial charge in [-0.15, -0.1) is 0 Å². The Hall–Kier alpha value is -3.35. The molecule has 26 heavy (non-hydrogen) atoms. The van der Waals surface area contributed by atoms with Crippen molar-refractivity contribution in [3.8, 4) is 5.75 Å². The van der Waals surface area contributed by atoms with Crippen molar-refractivity contribution in [2.75, 3.05) is 19.0 Å². The van der Waals surface area contributed by atoms with Crippen molar-refractivity contribution in [1.82, 2.24) is 5.32 Å². The van der Waals surface area contributed by atoms with Crippen LogP contribution in [0.15, 0.2) is 48.5 Å². The Morgan fingerprint density at radius 3 is 2.35 bits per heavy atom. The zero-order valence-electron chi connectivity index (χ0n) is 14.5. The monoisotopic (exact) mass is 356 g/mol. The summed E-state index contributed by atoms with van der Waals surface area (Å²) in [6, 6.07) is 13.7. The highest BCUT2D eigenvalue weighted by atomic mass is 16.5. The van der Waals surface area contributed by atoms with Crippen LogP contribution in [-0.4, -0.2) is 36.5 Å². The molecule has 1 atom stereocenters. The van der Waals surface area contributed by atoms with Crippen molar-refractivity contribution >= 4 is 23.5 Å². The van der Waals surface area contributed by atoms with Crippen molar-refractivity contribution in [2.45, 2.75) is 12.8 Å². The molecule has 0 aliphatic rings. The van der Waals surface area contributed by atoms with Gasteiger partial charge in [0.15, 0.2) is 0 Å². The van der Waals surface area contributed by atoms with E-state index >= 15 is 0 Å². The van der Waals surface area contributed by atoms with Gasteiger partial charge in [-0.3, -0.25) is 14.4 Å². The summed E-state index contributed by atoms with van der Waals surface area (Å²) < 4.78 is 5.17. The molecule has 2 aromatic rings. The molecule has 1 unspecified atom stereocenters. The molecule has 3 N–H and O–H groups in total. The molecule has 136 valence electrons. The third-order valence-electron chi connectivity index (χ3n) is 3.83. The number of anilines is 1. The summed E-state index contributed by atoms with van der Waals surface area (Å²) in [6.45, 7) is 1.26. The van der Waals surface area contributed by atoms with Crippen LogP contribution < -0.4 is 15.4 Å². The number of rotatable bonds is 7. The summed E-state index contributed by atoms with van der Waals surface area (Å²) in [5.74, 6) is -1.81. The van der Waals surface area contributed by atoms with Crippen molar-refractivity contribution in [1.29, 1.82) is 0 Å². The number of nitrogens with one attached hydrogen (secondary N) is 2. The minimum atomic E-state index is -1.10. The summed E-state index contributed by atoms with van der Waals surface area (Å²) in [4.78, 5) is 34.8.